The third kappa shape index (κ3) is 1.57. The molecule has 2 aliphatic rings. The molecule has 1 radical (unpaired) electrons. The second-order valence-electron chi connectivity index (χ2n) is 6.21. The fourth-order valence-corrected chi connectivity index (χ4v) is 3.75. The number of rotatable bonds is 0. The van der Waals surface area contributed by atoms with Crippen LogP contribution >= 0.6 is 0 Å². The van der Waals surface area contributed by atoms with Gasteiger partial charge in [0.2, 0.25) is 0 Å². The first-order valence-electron chi connectivity index (χ1n) is 6.82. The van der Waals surface area contributed by atoms with Crippen molar-refractivity contribution in [1.29, 1.82) is 0 Å². The molecule has 0 bridgehead atoms. The zero-order chi connectivity index (χ0) is 13.2. The van der Waals surface area contributed by atoms with Gasteiger partial charge in [0.05, 0.1) is 0 Å². The minimum atomic E-state index is 0. The van der Waals surface area contributed by atoms with Gasteiger partial charge in [-0.15, -0.1) is 23.8 Å². The molecular weight excluding hydrogens is 424 g/mol. The fourth-order valence-electron chi connectivity index (χ4n) is 3.75. The van der Waals surface area contributed by atoms with Gasteiger partial charge in [-0.2, -0.15) is 0 Å². The predicted molar refractivity (Wildman–Crippen MR) is 77.5 cm³/mol. The van der Waals surface area contributed by atoms with Gasteiger partial charge in [-0.25, -0.2) is 0 Å². The molecule has 1 aliphatic carbocycles. The summed E-state index contributed by atoms with van der Waals surface area (Å²) < 4.78 is 0. The van der Waals surface area contributed by atoms with E-state index < -0.39 is 0 Å². The molecule has 20 heavy (non-hydrogen) atoms. The largest absolute Gasteiger partial charge is 0.390 e. The van der Waals surface area contributed by atoms with E-state index in [0.717, 1.165) is 12.2 Å². The summed E-state index contributed by atoms with van der Waals surface area (Å²) in [6.07, 6.45) is 1.89. The molecule has 1 unspecified atom stereocenters. The first-order valence-corrected chi connectivity index (χ1v) is 6.82. The number of pyridine rings is 1. The van der Waals surface area contributed by atoms with E-state index in [2.05, 4.69) is 49.0 Å². The van der Waals surface area contributed by atoms with E-state index in [9.17, 15) is 0 Å². The van der Waals surface area contributed by atoms with Crippen LogP contribution in [-0.2, 0) is 25.5 Å². The topological polar surface area (TPSA) is 16.1 Å². The van der Waals surface area contributed by atoms with Crippen LogP contribution in [0.3, 0.4) is 0 Å². The minimum Gasteiger partial charge on any atom is -0.390 e. The Morgan fingerprint density at radius 3 is 2.95 bits per heavy atom. The van der Waals surface area contributed by atoms with Gasteiger partial charge < -0.3 is 9.88 Å². The second kappa shape index (κ2) is 4.41. The molecule has 1 aliphatic heterocycles. The van der Waals surface area contributed by atoms with Crippen LogP contribution in [-0.4, -0.2) is 18.6 Å². The van der Waals surface area contributed by atoms with Crippen LogP contribution in [0.1, 0.15) is 30.9 Å². The van der Waals surface area contributed by atoms with Gasteiger partial charge in [-0.05, 0) is 28.8 Å². The van der Waals surface area contributed by atoms with Gasteiger partial charge >= 0.3 is 0 Å². The molecule has 1 aromatic heterocycles. The Morgan fingerprint density at radius 2 is 2.15 bits per heavy atom. The summed E-state index contributed by atoms with van der Waals surface area (Å²) in [6, 6.07) is 11.9. The van der Waals surface area contributed by atoms with Crippen LogP contribution < -0.4 is 4.90 Å². The fraction of sp³-hybridized carbons (Fsp3) is 0.353. The molecule has 2 aromatic rings. The van der Waals surface area contributed by atoms with Crippen molar-refractivity contribution in [2.75, 3.05) is 18.5 Å². The molecule has 2 nitrogen and oxygen atoms in total. The van der Waals surface area contributed by atoms with E-state index >= 15 is 0 Å². The molecule has 0 N–H and O–H groups in total. The minimum absolute atomic E-state index is 0. The van der Waals surface area contributed by atoms with E-state index in [1.54, 1.807) is 0 Å². The van der Waals surface area contributed by atoms with Crippen LogP contribution in [0.25, 0.3) is 11.3 Å². The Balaban J connectivity index is 0.00000121. The Labute approximate surface area is 133 Å². The van der Waals surface area contributed by atoms with E-state index in [-0.39, 0.29) is 25.5 Å². The molecule has 105 valence electrons. The Bertz CT molecular complexity index is 678. The standard InChI is InChI=1S/C17H17N2.Ir/c1-17(2)12-7-5-9-18-16(12)11-6-4-8-14-15(11)13(17)10-19(14)3;/h4-5,7-9,13H,10H2,1-3H3;/q-1;. The molecule has 3 heteroatoms. The summed E-state index contributed by atoms with van der Waals surface area (Å²) in [5.41, 5.74) is 6.61. The van der Waals surface area contributed by atoms with Crippen LogP contribution in [0, 0.1) is 6.07 Å². The third-order valence-corrected chi connectivity index (χ3v) is 4.84. The van der Waals surface area contributed by atoms with Crippen molar-refractivity contribution in [3.63, 3.8) is 0 Å². The van der Waals surface area contributed by atoms with E-state index in [1.165, 1.54) is 22.4 Å². The Morgan fingerprint density at radius 1 is 1.35 bits per heavy atom. The number of benzene rings is 1. The normalized spacial score (nSPS) is 20.9. The summed E-state index contributed by atoms with van der Waals surface area (Å²) >= 11 is 0. The van der Waals surface area contributed by atoms with Crippen molar-refractivity contribution in [2.24, 2.45) is 0 Å². The number of hydrogen-bond donors (Lipinski definition) is 0. The molecule has 1 aromatic carbocycles. The average molecular weight is 442 g/mol. The predicted octanol–water partition coefficient (Wildman–Crippen LogP) is 3.37. The Hall–Kier alpha value is -1.18. The third-order valence-electron chi connectivity index (χ3n) is 4.84. The molecule has 2 heterocycles. The average Bonchev–Trinajstić information content (AvgIpc) is 2.76. The smallest absolute Gasteiger partial charge is 0.0161 e. The first-order chi connectivity index (χ1) is 9.10. The second-order valence-corrected chi connectivity index (χ2v) is 6.21. The zero-order valence-electron chi connectivity index (χ0n) is 11.9. The van der Waals surface area contributed by atoms with E-state index in [1.807, 2.05) is 18.3 Å². The number of aromatic nitrogens is 1. The molecular formula is C17H17IrN2-. The van der Waals surface area contributed by atoms with E-state index in [4.69, 9.17) is 0 Å². The number of anilines is 1. The zero-order valence-corrected chi connectivity index (χ0v) is 14.3. The number of hydrogen-bond acceptors (Lipinski definition) is 2. The Kier molecular flexibility index (Phi) is 3.04. The summed E-state index contributed by atoms with van der Waals surface area (Å²) in [7, 11) is 2.18. The van der Waals surface area contributed by atoms with Crippen molar-refractivity contribution in [3.8, 4) is 11.3 Å². The number of fused-ring (bicyclic) bond motifs is 2. The van der Waals surface area contributed by atoms with Crippen LogP contribution in [0.2, 0.25) is 0 Å². The summed E-state index contributed by atoms with van der Waals surface area (Å²) in [6.45, 7) is 5.77. The maximum atomic E-state index is 4.63. The molecule has 0 saturated heterocycles. The van der Waals surface area contributed by atoms with Gasteiger partial charge in [0.15, 0.2) is 0 Å². The van der Waals surface area contributed by atoms with Crippen molar-refractivity contribution < 1.29 is 20.1 Å². The van der Waals surface area contributed by atoms with Crippen LogP contribution in [0.15, 0.2) is 30.5 Å². The van der Waals surface area contributed by atoms with Gasteiger partial charge in [0.25, 0.3) is 0 Å². The molecule has 0 spiro atoms. The molecule has 0 amide bonds. The first kappa shape index (κ1) is 13.8. The van der Waals surface area contributed by atoms with E-state index in [0.29, 0.717) is 5.92 Å². The van der Waals surface area contributed by atoms with Crippen LogP contribution in [0.4, 0.5) is 5.69 Å². The van der Waals surface area contributed by atoms with Gasteiger partial charge in [-0.1, -0.05) is 31.0 Å². The summed E-state index contributed by atoms with van der Waals surface area (Å²) in [5, 5.41) is 0. The van der Waals surface area contributed by atoms with Gasteiger partial charge in [0, 0.05) is 39.9 Å². The maximum absolute atomic E-state index is 4.63. The summed E-state index contributed by atoms with van der Waals surface area (Å²) in [4.78, 5) is 7.00. The number of nitrogens with zero attached hydrogens (tertiary/aromatic N) is 2. The van der Waals surface area contributed by atoms with Crippen molar-refractivity contribution in [2.45, 2.75) is 25.2 Å². The van der Waals surface area contributed by atoms with Gasteiger partial charge in [0.1, 0.15) is 0 Å². The van der Waals surface area contributed by atoms with Gasteiger partial charge in [-0.3, -0.25) is 0 Å². The molecule has 4 rings (SSSR count). The maximum Gasteiger partial charge on any atom is 0.0161 e. The van der Waals surface area contributed by atoms with Crippen LogP contribution in [0.5, 0.6) is 0 Å². The van der Waals surface area contributed by atoms with Crippen molar-refractivity contribution in [3.05, 3.63) is 47.7 Å². The number of likely N-dealkylation sites (N-methyl/N-ethyl adjacent to an activating group) is 1. The molecule has 1 atom stereocenters. The molecule has 0 fully saturated rings. The monoisotopic (exact) mass is 442 g/mol. The summed E-state index contributed by atoms with van der Waals surface area (Å²) in [5.74, 6) is 0.539. The SMILES string of the molecule is CN1CC2c3c([c-]ccc31)-c1ncccc1C2(C)C.[Ir]. The van der Waals surface area contributed by atoms with Crippen molar-refractivity contribution >= 4 is 5.69 Å². The van der Waals surface area contributed by atoms with Crippen molar-refractivity contribution in [1.82, 2.24) is 4.98 Å². The molecule has 0 saturated carbocycles. The quantitative estimate of drug-likeness (QED) is 0.583.